The number of esters is 1. The maximum absolute atomic E-state index is 12.3. The molecule has 8 heteroatoms. The van der Waals surface area contributed by atoms with E-state index in [2.05, 4.69) is 20.7 Å². The molecule has 0 heterocycles. The molecule has 0 fully saturated rings. The molecule has 0 spiro atoms. The zero-order valence-electron chi connectivity index (χ0n) is 14.6. The van der Waals surface area contributed by atoms with Gasteiger partial charge in [0.15, 0.2) is 0 Å². The van der Waals surface area contributed by atoms with E-state index in [1.54, 1.807) is 0 Å². The van der Waals surface area contributed by atoms with Crippen molar-refractivity contribution < 1.29 is 23.9 Å². The SMILES string of the molecule is COC(=O)[C@H](C)NC(=O)[C@H](CC(C)C)NC(=O)[C@H](C)NC(C)=O. The van der Waals surface area contributed by atoms with Crippen LogP contribution in [0.3, 0.4) is 0 Å². The molecule has 0 aliphatic carbocycles. The Morgan fingerprint density at radius 2 is 1.43 bits per heavy atom. The summed E-state index contributed by atoms with van der Waals surface area (Å²) in [5.41, 5.74) is 0. The molecule has 0 rings (SSSR count). The van der Waals surface area contributed by atoms with E-state index in [1.807, 2.05) is 13.8 Å². The van der Waals surface area contributed by atoms with Crippen molar-refractivity contribution in [2.75, 3.05) is 7.11 Å². The van der Waals surface area contributed by atoms with Crippen molar-refractivity contribution in [2.24, 2.45) is 5.92 Å². The molecule has 23 heavy (non-hydrogen) atoms. The van der Waals surface area contributed by atoms with Crippen LogP contribution in [0.25, 0.3) is 0 Å². The molecule has 3 N–H and O–H groups in total. The van der Waals surface area contributed by atoms with E-state index < -0.39 is 35.9 Å². The van der Waals surface area contributed by atoms with Gasteiger partial charge >= 0.3 is 5.97 Å². The molecule has 132 valence electrons. The summed E-state index contributed by atoms with van der Waals surface area (Å²) >= 11 is 0. The Morgan fingerprint density at radius 1 is 0.870 bits per heavy atom. The number of hydrogen-bond donors (Lipinski definition) is 3. The summed E-state index contributed by atoms with van der Waals surface area (Å²) < 4.78 is 4.55. The lowest BCUT2D eigenvalue weighted by molar-refractivity contribution is -0.145. The average molecular weight is 329 g/mol. The van der Waals surface area contributed by atoms with Gasteiger partial charge in [-0.25, -0.2) is 4.79 Å². The molecule has 0 aliphatic heterocycles. The molecule has 0 aromatic carbocycles. The minimum Gasteiger partial charge on any atom is -0.467 e. The Bertz CT molecular complexity index is 450. The molecule has 3 amide bonds. The summed E-state index contributed by atoms with van der Waals surface area (Å²) in [5.74, 6) is -1.70. The van der Waals surface area contributed by atoms with Crippen LogP contribution in [0.1, 0.15) is 41.0 Å². The maximum atomic E-state index is 12.3. The van der Waals surface area contributed by atoms with Crippen LogP contribution in [0.4, 0.5) is 0 Å². The van der Waals surface area contributed by atoms with E-state index in [0.717, 1.165) is 0 Å². The Morgan fingerprint density at radius 3 is 1.87 bits per heavy atom. The van der Waals surface area contributed by atoms with Gasteiger partial charge in [0.25, 0.3) is 0 Å². The van der Waals surface area contributed by atoms with Crippen molar-refractivity contribution in [1.82, 2.24) is 16.0 Å². The van der Waals surface area contributed by atoms with Gasteiger partial charge in [-0.05, 0) is 26.2 Å². The molecule has 0 unspecified atom stereocenters. The quantitative estimate of drug-likeness (QED) is 0.530. The highest BCUT2D eigenvalue weighted by molar-refractivity contribution is 5.93. The fraction of sp³-hybridized carbons (Fsp3) is 0.733. The predicted molar refractivity (Wildman–Crippen MR) is 84.3 cm³/mol. The highest BCUT2D eigenvalue weighted by atomic mass is 16.5. The topological polar surface area (TPSA) is 114 Å². The van der Waals surface area contributed by atoms with Crippen LogP contribution in [0.2, 0.25) is 0 Å². The molecule has 0 aromatic rings. The molecule has 0 radical (unpaired) electrons. The van der Waals surface area contributed by atoms with Gasteiger partial charge in [0, 0.05) is 6.92 Å². The third-order valence-electron chi connectivity index (χ3n) is 3.07. The lowest BCUT2D eigenvalue weighted by Gasteiger charge is -2.23. The molecule has 0 aliphatic rings. The Balaban J connectivity index is 4.86. The summed E-state index contributed by atoms with van der Waals surface area (Å²) in [6, 6.07) is -2.37. The smallest absolute Gasteiger partial charge is 0.328 e. The van der Waals surface area contributed by atoms with Crippen LogP contribution >= 0.6 is 0 Å². The molecule has 8 nitrogen and oxygen atoms in total. The van der Waals surface area contributed by atoms with Crippen molar-refractivity contribution in [3.63, 3.8) is 0 Å². The van der Waals surface area contributed by atoms with E-state index in [1.165, 1.54) is 27.9 Å². The van der Waals surface area contributed by atoms with E-state index in [0.29, 0.717) is 6.42 Å². The van der Waals surface area contributed by atoms with Crippen LogP contribution in [0.5, 0.6) is 0 Å². The van der Waals surface area contributed by atoms with E-state index in [9.17, 15) is 19.2 Å². The van der Waals surface area contributed by atoms with E-state index >= 15 is 0 Å². The van der Waals surface area contributed by atoms with Gasteiger partial charge in [-0.1, -0.05) is 13.8 Å². The summed E-state index contributed by atoms with van der Waals surface area (Å²) in [6.07, 6.45) is 0.401. The Hall–Kier alpha value is -2.12. The van der Waals surface area contributed by atoms with Gasteiger partial charge in [-0.3, -0.25) is 14.4 Å². The third-order valence-corrected chi connectivity index (χ3v) is 3.07. The fourth-order valence-corrected chi connectivity index (χ4v) is 1.92. The van der Waals surface area contributed by atoms with Crippen LogP contribution in [0, 0.1) is 5.92 Å². The molecule has 0 saturated heterocycles. The number of hydrogen-bond acceptors (Lipinski definition) is 5. The maximum Gasteiger partial charge on any atom is 0.328 e. The molecule has 0 aromatic heterocycles. The number of rotatable bonds is 8. The first-order valence-electron chi connectivity index (χ1n) is 7.54. The van der Waals surface area contributed by atoms with Crippen LogP contribution in [0.15, 0.2) is 0 Å². The molecule has 0 bridgehead atoms. The molecular formula is C15H27N3O5. The minimum absolute atomic E-state index is 0.149. The number of methoxy groups -OCH3 is 1. The van der Waals surface area contributed by atoms with Crippen LogP contribution in [-0.2, 0) is 23.9 Å². The first kappa shape index (κ1) is 20.9. The molecular weight excluding hydrogens is 302 g/mol. The first-order chi connectivity index (χ1) is 10.6. The number of amides is 3. The lowest BCUT2D eigenvalue weighted by atomic mass is 10.0. The van der Waals surface area contributed by atoms with Crippen LogP contribution in [-0.4, -0.2) is 48.9 Å². The van der Waals surface area contributed by atoms with Gasteiger partial charge in [-0.2, -0.15) is 0 Å². The van der Waals surface area contributed by atoms with Gasteiger partial charge in [0.1, 0.15) is 18.1 Å². The standard InChI is InChI=1S/C15H27N3O5/c1-8(2)7-12(14(21)17-10(4)15(22)23-6)18-13(20)9(3)16-11(5)19/h8-10,12H,7H2,1-6H3,(H,16,19)(H,17,21)(H,18,20)/t9-,10-,12-/m0/s1. The zero-order chi connectivity index (χ0) is 18.2. The van der Waals surface area contributed by atoms with Crippen molar-refractivity contribution in [1.29, 1.82) is 0 Å². The number of carbonyl (C=O) groups is 4. The zero-order valence-corrected chi connectivity index (χ0v) is 14.6. The normalized spacial score (nSPS) is 14.4. The molecule has 0 saturated carbocycles. The van der Waals surface area contributed by atoms with E-state index in [-0.39, 0.29) is 11.8 Å². The second-order valence-electron chi connectivity index (χ2n) is 5.87. The van der Waals surface area contributed by atoms with E-state index in [4.69, 9.17) is 0 Å². The third kappa shape index (κ3) is 8.18. The number of nitrogens with one attached hydrogen (secondary N) is 3. The van der Waals surface area contributed by atoms with Gasteiger partial charge < -0.3 is 20.7 Å². The Kier molecular flexibility index (Phi) is 8.90. The second-order valence-corrected chi connectivity index (χ2v) is 5.87. The van der Waals surface area contributed by atoms with Gasteiger partial charge in [-0.15, -0.1) is 0 Å². The van der Waals surface area contributed by atoms with Gasteiger partial charge in [0.05, 0.1) is 7.11 Å². The second kappa shape index (κ2) is 9.81. The van der Waals surface area contributed by atoms with Crippen molar-refractivity contribution in [3.8, 4) is 0 Å². The largest absolute Gasteiger partial charge is 0.467 e. The number of carbonyl (C=O) groups excluding carboxylic acids is 4. The minimum atomic E-state index is -0.813. The summed E-state index contributed by atoms with van der Waals surface area (Å²) in [5, 5.41) is 7.55. The average Bonchev–Trinajstić information content (AvgIpc) is 2.43. The highest BCUT2D eigenvalue weighted by Crippen LogP contribution is 2.06. The summed E-state index contributed by atoms with van der Waals surface area (Å²) in [7, 11) is 1.23. The van der Waals surface area contributed by atoms with Crippen LogP contribution < -0.4 is 16.0 Å². The number of ether oxygens (including phenoxy) is 1. The monoisotopic (exact) mass is 329 g/mol. The van der Waals surface area contributed by atoms with Gasteiger partial charge in [0.2, 0.25) is 17.7 Å². The lowest BCUT2D eigenvalue weighted by Crippen LogP contribution is -2.55. The Labute approximate surface area is 136 Å². The van der Waals surface area contributed by atoms with Crippen molar-refractivity contribution >= 4 is 23.7 Å². The molecule has 3 atom stereocenters. The van der Waals surface area contributed by atoms with Crippen molar-refractivity contribution in [3.05, 3.63) is 0 Å². The summed E-state index contributed by atoms with van der Waals surface area (Å²) in [4.78, 5) is 46.7. The first-order valence-corrected chi connectivity index (χ1v) is 7.54. The van der Waals surface area contributed by atoms with Crippen molar-refractivity contribution in [2.45, 2.75) is 59.2 Å². The summed E-state index contributed by atoms with van der Waals surface area (Å²) in [6.45, 7) is 8.15. The fourth-order valence-electron chi connectivity index (χ4n) is 1.92. The predicted octanol–water partition coefficient (Wildman–Crippen LogP) is -0.280. The highest BCUT2D eigenvalue weighted by Gasteiger charge is 2.27.